The highest BCUT2D eigenvalue weighted by atomic mass is 16.3. The molecular weight excluding hydrogens is 372 g/mol. The largest absolute Gasteiger partial charge is 0.390 e. The number of fused-ring (bicyclic) bond motifs is 5. The molecule has 0 spiro atoms. The highest BCUT2D eigenvalue weighted by Crippen LogP contribution is 2.68. The zero-order valence-electron chi connectivity index (χ0n) is 19.7. The molecule has 172 valence electrons. The monoisotopic (exact) mass is 418 g/mol. The van der Waals surface area contributed by atoms with E-state index in [9.17, 15) is 15.3 Å². The quantitative estimate of drug-likeness (QED) is 0.567. The van der Waals surface area contributed by atoms with E-state index in [1.54, 1.807) is 0 Å². The normalized spacial score (nSPS) is 52.8. The Hall–Kier alpha value is -0.120. The Morgan fingerprint density at radius 1 is 0.800 bits per heavy atom. The molecule has 0 heterocycles. The summed E-state index contributed by atoms with van der Waals surface area (Å²) in [6.07, 6.45) is 14.3. The molecule has 0 bridgehead atoms. The maximum atomic E-state index is 10.8. The first-order chi connectivity index (χ1) is 14.2. The second-order valence-corrected chi connectivity index (χ2v) is 13.0. The van der Waals surface area contributed by atoms with E-state index in [-0.39, 0.29) is 11.0 Å². The lowest BCUT2D eigenvalue weighted by Crippen LogP contribution is -2.58. The molecule has 0 unspecified atom stereocenters. The van der Waals surface area contributed by atoms with Crippen molar-refractivity contribution < 1.29 is 15.3 Å². The Kier molecular flexibility index (Phi) is 5.39. The topological polar surface area (TPSA) is 60.7 Å². The van der Waals surface area contributed by atoms with Crippen molar-refractivity contribution in [1.29, 1.82) is 0 Å². The van der Waals surface area contributed by atoms with Crippen LogP contribution < -0.4 is 0 Å². The summed E-state index contributed by atoms with van der Waals surface area (Å²) in [5.41, 5.74) is 0.436. The maximum absolute atomic E-state index is 10.8. The Morgan fingerprint density at radius 3 is 2.20 bits per heavy atom. The second-order valence-electron chi connectivity index (χ2n) is 13.0. The van der Waals surface area contributed by atoms with Crippen LogP contribution in [0.25, 0.3) is 0 Å². The number of aliphatic hydroxyl groups excluding tert-OH is 2. The number of aliphatic hydroxyl groups is 3. The van der Waals surface area contributed by atoms with Crippen LogP contribution in [-0.4, -0.2) is 33.1 Å². The van der Waals surface area contributed by atoms with E-state index in [1.807, 2.05) is 0 Å². The average Bonchev–Trinajstić information content (AvgIpc) is 3.32. The summed E-state index contributed by atoms with van der Waals surface area (Å²) >= 11 is 0. The molecule has 0 aromatic heterocycles. The van der Waals surface area contributed by atoms with Crippen LogP contribution in [0, 0.1) is 46.3 Å². The fraction of sp³-hybridized carbons (Fsp3) is 1.00. The molecule has 0 radical (unpaired) electrons. The van der Waals surface area contributed by atoms with E-state index in [2.05, 4.69) is 20.8 Å². The predicted octanol–water partition coefficient (Wildman–Crippen LogP) is 5.31. The van der Waals surface area contributed by atoms with Crippen molar-refractivity contribution in [1.82, 2.24) is 0 Å². The van der Waals surface area contributed by atoms with E-state index in [0.29, 0.717) is 11.3 Å². The lowest BCUT2D eigenvalue weighted by atomic mass is 9.44. The fourth-order valence-corrected chi connectivity index (χ4v) is 9.64. The van der Waals surface area contributed by atoms with Gasteiger partial charge >= 0.3 is 0 Å². The highest BCUT2D eigenvalue weighted by Gasteiger charge is 2.61. The molecule has 5 aliphatic carbocycles. The Morgan fingerprint density at radius 2 is 1.47 bits per heavy atom. The van der Waals surface area contributed by atoms with Gasteiger partial charge in [0.05, 0.1) is 17.8 Å². The summed E-state index contributed by atoms with van der Waals surface area (Å²) in [7, 11) is 0. The third-order valence-corrected chi connectivity index (χ3v) is 11.6. The van der Waals surface area contributed by atoms with Gasteiger partial charge in [0.25, 0.3) is 0 Å². The van der Waals surface area contributed by atoms with Gasteiger partial charge in [0.1, 0.15) is 0 Å². The molecule has 5 rings (SSSR count). The van der Waals surface area contributed by atoms with Gasteiger partial charge in [-0.15, -0.1) is 0 Å². The van der Waals surface area contributed by atoms with E-state index in [0.717, 1.165) is 68.1 Å². The molecule has 3 heteroatoms. The standard InChI is InChI=1S/C27H46O3/c1-17(5-4-12-27(30)15-16-27)19-8-9-20-18-6-7-22-24(29)23(28)11-14-26(22,3)21(18)10-13-25(19,20)2/h17-24,28-30H,4-16H2,1-3H3/t17-,18+,19-,20+,21+,22+,23+,24-,25-,26-/m1/s1. The Bertz CT molecular complexity index is 644. The SMILES string of the molecule is C[C@H](CCCC1(O)CC1)[C@H]1CC[C@H]2[C@@H]3CC[C@H]4[C@@H](O)[C@@H](O)CC[C@]4(C)[C@H]3CC[C@]12C. The molecule has 5 saturated carbocycles. The van der Waals surface area contributed by atoms with Gasteiger partial charge in [-0.3, -0.25) is 0 Å². The minimum atomic E-state index is -0.504. The van der Waals surface area contributed by atoms with E-state index in [1.165, 1.54) is 44.9 Å². The van der Waals surface area contributed by atoms with Gasteiger partial charge in [-0.05, 0) is 117 Å². The van der Waals surface area contributed by atoms with Crippen molar-refractivity contribution in [2.24, 2.45) is 46.3 Å². The first kappa shape index (κ1) is 21.7. The molecule has 0 aromatic rings. The van der Waals surface area contributed by atoms with Crippen LogP contribution in [-0.2, 0) is 0 Å². The minimum Gasteiger partial charge on any atom is -0.390 e. The molecule has 3 N–H and O–H groups in total. The van der Waals surface area contributed by atoms with Gasteiger partial charge < -0.3 is 15.3 Å². The van der Waals surface area contributed by atoms with Crippen molar-refractivity contribution in [2.45, 2.75) is 122 Å². The smallest absolute Gasteiger partial charge is 0.0832 e. The fourth-order valence-electron chi connectivity index (χ4n) is 9.64. The third kappa shape index (κ3) is 3.32. The van der Waals surface area contributed by atoms with E-state index < -0.39 is 12.2 Å². The molecular formula is C27H46O3. The lowest BCUT2D eigenvalue weighted by Gasteiger charge is -2.62. The van der Waals surface area contributed by atoms with Crippen LogP contribution in [0.4, 0.5) is 0 Å². The zero-order valence-corrected chi connectivity index (χ0v) is 19.7. The summed E-state index contributed by atoms with van der Waals surface area (Å²) < 4.78 is 0. The van der Waals surface area contributed by atoms with Crippen LogP contribution in [0.3, 0.4) is 0 Å². The molecule has 0 saturated heterocycles. The highest BCUT2D eigenvalue weighted by molar-refractivity contribution is 5.11. The van der Waals surface area contributed by atoms with Crippen molar-refractivity contribution in [2.75, 3.05) is 0 Å². The number of rotatable bonds is 5. The lowest BCUT2D eigenvalue weighted by molar-refractivity contribution is -0.174. The molecule has 3 nitrogen and oxygen atoms in total. The Balaban J connectivity index is 1.28. The van der Waals surface area contributed by atoms with Crippen LogP contribution in [0.1, 0.15) is 104 Å². The van der Waals surface area contributed by atoms with E-state index >= 15 is 0 Å². The van der Waals surface area contributed by atoms with Gasteiger partial charge in [0.2, 0.25) is 0 Å². The molecule has 0 aromatic carbocycles. The van der Waals surface area contributed by atoms with Gasteiger partial charge in [-0.1, -0.05) is 33.6 Å². The average molecular weight is 419 g/mol. The molecule has 0 amide bonds. The van der Waals surface area contributed by atoms with Crippen molar-refractivity contribution in [3.05, 3.63) is 0 Å². The third-order valence-electron chi connectivity index (χ3n) is 11.6. The summed E-state index contributed by atoms with van der Waals surface area (Å²) in [6, 6.07) is 0. The van der Waals surface area contributed by atoms with Crippen LogP contribution >= 0.6 is 0 Å². The van der Waals surface area contributed by atoms with Crippen LogP contribution in [0.5, 0.6) is 0 Å². The van der Waals surface area contributed by atoms with Gasteiger partial charge in [0.15, 0.2) is 0 Å². The zero-order chi connectivity index (χ0) is 21.3. The predicted molar refractivity (Wildman–Crippen MR) is 120 cm³/mol. The van der Waals surface area contributed by atoms with Gasteiger partial charge in [0, 0.05) is 0 Å². The number of hydrogen-bond acceptors (Lipinski definition) is 3. The summed E-state index contributed by atoms with van der Waals surface area (Å²) in [5, 5.41) is 31.2. The minimum absolute atomic E-state index is 0.228. The summed E-state index contributed by atoms with van der Waals surface area (Å²) in [4.78, 5) is 0. The maximum Gasteiger partial charge on any atom is 0.0832 e. The molecule has 30 heavy (non-hydrogen) atoms. The summed E-state index contributed by atoms with van der Waals surface area (Å²) in [5.74, 6) is 4.36. The summed E-state index contributed by atoms with van der Waals surface area (Å²) in [6.45, 7) is 7.59. The van der Waals surface area contributed by atoms with Crippen molar-refractivity contribution in [3.63, 3.8) is 0 Å². The first-order valence-electron chi connectivity index (χ1n) is 13.3. The van der Waals surface area contributed by atoms with Crippen molar-refractivity contribution >= 4 is 0 Å². The molecule has 10 atom stereocenters. The van der Waals surface area contributed by atoms with Gasteiger partial charge in [-0.2, -0.15) is 0 Å². The van der Waals surface area contributed by atoms with E-state index in [4.69, 9.17) is 0 Å². The van der Waals surface area contributed by atoms with Crippen molar-refractivity contribution in [3.8, 4) is 0 Å². The number of hydrogen-bond donors (Lipinski definition) is 3. The van der Waals surface area contributed by atoms with Crippen LogP contribution in [0.15, 0.2) is 0 Å². The molecule has 5 aliphatic rings. The van der Waals surface area contributed by atoms with Crippen LogP contribution in [0.2, 0.25) is 0 Å². The molecule has 0 aliphatic heterocycles. The Labute approximate surface area is 184 Å². The van der Waals surface area contributed by atoms with Gasteiger partial charge in [-0.25, -0.2) is 0 Å². The second kappa shape index (κ2) is 7.45. The molecule has 5 fully saturated rings. The first-order valence-corrected chi connectivity index (χ1v) is 13.3.